The standard InChI is InChI=1S/C9H9N3O3/c1-15-7-2-3-10-9(11-7)12-5-6(13)4-8(12)14/h2-3H,4-5H2,1H3. The molecule has 1 aromatic rings. The van der Waals surface area contributed by atoms with Crippen LogP contribution < -0.4 is 9.64 Å². The van der Waals surface area contributed by atoms with E-state index in [0.29, 0.717) is 5.88 Å². The molecule has 0 N–H and O–H groups in total. The van der Waals surface area contributed by atoms with Gasteiger partial charge in [-0.05, 0) is 0 Å². The first-order chi connectivity index (χ1) is 7.20. The van der Waals surface area contributed by atoms with Crippen molar-refractivity contribution in [2.75, 3.05) is 18.6 Å². The summed E-state index contributed by atoms with van der Waals surface area (Å²) in [5.41, 5.74) is 0. The molecule has 6 nitrogen and oxygen atoms in total. The zero-order valence-corrected chi connectivity index (χ0v) is 8.14. The Morgan fingerprint density at radius 3 is 2.87 bits per heavy atom. The van der Waals surface area contributed by atoms with Gasteiger partial charge in [0.2, 0.25) is 17.7 Å². The van der Waals surface area contributed by atoms with E-state index in [0.717, 1.165) is 0 Å². The third-order valence-corrected chi connectivity index (χ3v) is 2.05. The Balaban J connectivity index is 2.29. The Bertz CT molecular complexity index is 419. The normalized spacial score (nSPS) is 15.9. The van der Waals surface area contributed by atoms with Gasteiger partial charge >= 0.3 is 0 Å². The molecule has 1 aliphatic heterocycles. The monoisotopic (exact) mass is 207 g/mol. The minimum absolute atomic E-state index is 0.0476. The highest BCUT2D eigenvalue weighted by atomic mass is 16.5. The van der Waals surface area contributed by atoms with Crippen LogP contribution in [0.4, 0.5) is 5.95 Å². The third kappa shape index (κ3) is 1.78. The summed E-state index contributed by atoms with van der Waals surface area (Å²) in [5.74, 6) is 0.192. The molecule has 0 spiro atoms. The topological polar surface area (TPSA) is 72.4 Å². The predicted octanol–water partition coefficient (Wildman–Crippen LogP) is -0.209. The Labute approximate surface area is 85.9 Å². The van der Waals surface area contributed by atoms with Crippen molar-refractivity contribution >= 4 is 17.6 Å². The number of carbonyl (C=O) groups is 2. The molecular weight excluding hydrogens is 198 g/mol. The molecule has 0 bridgehead atoms. The molecule has 1 amide bonds. The summed E-state index contributed by atoms with van der Waals surface area (Å²) in [5, 5.41) is 0. The van der Waals surface area contributed by atoms with Gasteiger partial charge in [0.05, 0.1) is 20.1 Å². The number of hydrogen-bond acceptors (Lipinski definition) is 5. The van der Waals surface area contributed by atoms with E-state index in [9.17, 15) is 9.59 Å². The van der Waals surface area contributed by atoms with Crippen molar-refractivity contribution in [3.05, 3.63) is 12.3 Å². The van der Waals surface area contributed by atoms with Crippen molar-refractivity contribution in [1.82, 2.24) is 9.97 Å². The van der Waals surface area contributed by atoms with E-state index < -0.39 is 0 Å². The Hall–Kier alpha value is -1.98. The second-order valence-corrected chi connectivity index (χ2v) is 3.09. The molecule has 2 rings (SSSR count). The van der Waals surface area contributed by atoms with Gasteiger partial charge in [-0.15, -0.1) is 0 Å². The minimum Gasteiger partial charge on any atom is -0.481 e. The van der Waals surface area contributed by atoms with Crippen molar-refractivity contribution in [2.24, 2.45) is 0 Å². The Morgan fingerprint density at radius 2 is 2.27 bits per heavy atom. The van der Waals surface area contributed by atoms with Crippen LogP contribution in [0.15, 0.2) is 12.3 Å². The van der Waals surface area contributed by atoms with Gasteiger partial charge in [-0.2, -0.15) is 4.98 Å². The molecule has 0 atom stereocenters. The predicted molar refractivity (Wildman–Crippen MR) is 50.6 cm³/mol. The van der Waals surface area contributed by atoms with Gasteiger partial charge < -0.3 is 4.74 Å². The number of anilines is 1. The molecule has 1 saturated heterocycles. The van der Waals surface area contributed by atoms with Crippen LogP contribution in [0.1, 0.15) is 6.42 Å². The van der Waals surface area contributed by atoms with Gasteiger partial charge in [-0.3, -0.25) is 14.5 Å². The molecular formula is C9H9N3O3. The van der Waals surface area contributed by atoms with Gasteiger partial charge in [-0.25, -0.2) is 4.98 Å². The maximum atomic E-state index is 11.4. The molecule has 0 saturated carbocycles. The van der Waals surface area contributed by atoms with Crippen molar-refractivity contribution in [1.29, 1.82) is 0 Å². The largest absolute Gasteiger partial charge is 0.481 e. The molecule has 0 aliphatic carbocycles. The van der Waals surface area contributed by atoms with Crippen LogP contribution in [0.3, 0.4) is 0 Å². The second kappa shape index (κ2) is 3.64. The van der Waals surface area contributed by atoms with E-state index in [1.807, 2.05) is 0 Å². The Kier molecular flexibility index (Phi) is 2.32. The van der Waals surface area contributed by atoms with E-state index in [-0.39, 0.29) is 30.6 Å². The highest BCUT2D eigenvalue weighted by molar-refractivity contribution is 6.14. The lowest BCUT2D eigenvalue weighted by molar-refractivity contribution is -0.121. The highest BCUT2D eigenvalue weighted by Crippen LogP contribution is 2.16. The number of methoxy groups -OCH3 is 1. The fraction of sp³-hybridized carbons (Fsp3) is 0.333. The van der Waals surface area contributed by atoms with Crippen molar-refractivity contribution in [3.8, 4) is 5.88 Å². The summed E-state index contributed by atoms with van der Waals surface area (Å²) in [4.78, 5) is 31.6. The summed E-state index contributed by atoms with van der Waals surface area (Å²) in [6.07, 6.45) is 1.41. The van der Waals surface area contributed by atoms with E-state index in [2.05, 4.69) is 9.97 Å². The summed E-state index contributed by atoms with van der Waals surface area (Å²) in [7, 11) is 1.48. The minimum atomic E-state index is -0.270. The van der Waals surface area contributed by atoms with Crippen molar-refractivity contribution in [2.45, 2.75) is 6.42 Å². The van der Waals surface area contributed by atoms with E-state index in [4.69, 9.17) is 4.74 Å². The first kappa shape index (κ1) is 9.57. The number of aromatic nitrogens is 2. The summed E-state index contributed by atoms with van der Waals surface area (Å²) < 4.78 is 4.90. The van der Waals surface area contributed by atoms with Crippen LogP contribution in [0.2, 0.25) is 0 Å². The van der Waals surface area contributed by atoms with Gasteiger partial charge in [-0.1, -0.05) is 0 Å². The number of Topliss-reactive ketones (excluding diaryl/α,β-unsaturated/α-hetero) is 1. The fourth-order valence-corrected chi connectivity index (χ4v) is 1.34. The van der Waals surface area contributed by atoms with Crippen LogP contribution in [-0.4, -0.2) is 35.3 Å². The first-order valence-electron chi connectivity index (χ1n) is 4.40. The second-order valence-electron chi connectivity index (χ2n) is 3.09. The summed E-state index contributed by atoms with van der Waals surface area (Å²) in [6.45, 7) is 0.0476. The van der Waals surface area contributed by atoms with Gasteiger partial charge in [0.25, 0.3) is 0 Å². The van der Waals surface area contributed by atoms with Crippen LogP contribution in [0.5, 0.6) is 5.88 Å². The average molecular weight is 207 g/mol. The number of hydrogen-bond donors (Lipinski definition) is 0. The molecule has 15 heavy (non-hydrogen) atoms. The lowest BCUT2D eigenvalue weighted by Crippen LogP contribution is -2.26. The van der Waals surface area contributed by atoms with Gasteiger partial charge in [0.1, 0.15) is 0 Å². The van der Waals surface area contributed by atoms with E-state index in [1.54, 1.807) is 6.07 Å². The third-order valence-electron chi connectivity index (χ3n) is 2.05. The van der Waals surface area contributed by atoms with Crippen molar-refractivity contribution < 1.29 is 14.3 Å². The van der Waals surface area contributed by atoms with Gasteiger partial charge in [0.15, 0.2) is 5.78 Å². The van der Waals surface area contributed by atoms with Gasteiger partial charge in [0, 0.05) is 12.3 Å². The average Bonchev–Trinajstić information content (AvgIpc) is 2.58. The summed E-state index contributed by atoms with van der Waals surface area (Å²) in [6, 6.07) is 1.58. The van der Waals surface area contributed by atoms with Crippen LogP contribution in [-0.2, 0) is 9.59 Å². The van der Waals surface area contributed by atoms with E-state index in [1.165, 1.54) is 18.2 Å². The molecule has 78 valence electrons. The smallest absolute Gasteiger partial charge is 0.237 e. The van der Waals surface area contributed by atoms with Crippen LogP contribution >= 0.6 is 0 Å². The number of ether oxygens (including phenoxy) is 1. The lowest BCUT2D eigenvalue weighted by atomic mass is 10.3. The quantitative estimate of drug-likeness (QED) is 0.627. The SMILES string of the molecule is COc1ccnc(N2CC(=O)CC2=O)n1. The van der Waals surface area contributed by atoms with Crippen LogP contribution in [0, 0.1) is 0 Å². The number of ketones is 1. The molecule has 0 aromatic carbocycles. The summed E-state index contributed by atoms with van der Waals surface area (Å²) >= 11 is 0. The maximum Gasteiger partial charge on any atom is 0.237 e. The first-order valence-corrected chi connectivity index (χ1v) is 4.40. The zero-order chi connectivity index (χ0) is 10.8. The maximum absolute atomic E-state index is 11.4. The molecule has 0 unspecified atom stereocenters. The Morgan fingerprint density at radius 1 is 1.47 bits per heavy atom. The number of amides is 1. The lowest BCUT2D eigenvalue weighted by Gasteiger charge is -2.11. The molecule has 1 aromatic heterocycles. The molecule has 1 aliphatic rings. The molecule has 0 radical (unpaired) electrons. The molecule has 1 fully saturated rings. The van der Waals surface area contributed by atoms with Crippen LogP contribution in [0.25, 0.3) is 0 Å². The molecule has 6 heteroatoms. The zero-order valence-electron chi connectivity index (χ0n) is 8.14. The number of nitrogens with zero attached hydrogens (tertiary/aromatic N) is 3. The highest BCUT2D eigenvalue weighted by Gasteiger charge is 2.30. The molecule has 2 heterocycles. The van der Waals surface area contributed by atoms with E-state index >= 15 is 0 Å². The number of rotatable bonds is 2. The number of carbonyl (C=O) groups excluding carboxylic acids is 2. The van der Waals surface area contributed by atoms with Crippen molar-refractivity contribution in [3.63, 3.8) is 0 Å². The fourth-order valence-electron chi connectivity index (χ4n) is 1.34.